The second-order valence-corrected chi connectivity index (χ2v) is 11.3. The number of carbonyl (C=O) groups excluding carboxylic acids is 2. The Hall–Kier alpha value is -1.66. The molecular weight excluding hydrogens is 400 g/mol. The number of nitrogens with zero attached hydrogens (tertiary/aromatic N) is 1. The first-order valence-corrected chi connectivity index (χ1v) is 11.7. The predicted molar refractivity (Wildman–Crippen MR) is 122 cm³/mol. The van der Waals surface area contributed by atoms with Crippen LogP contribution in [0.15, 0.2) is 17.0 Å². The molecule has 3 aliphatic heterocycles. The van der Waals surface area contributed by atoms with E-state index in [1.54, 1.807) is 0 Å². The molecule has 0 radical (unpaired) electrons. The molecule has 1 saturated carbocycles. The first-order chi connectivity index (χ1) is 13.7. The molecule has 4 nitrogen and oxygen atoms in total. The Labute approximate surface area is 181 Å². The summed E-state index contributed by atoms with van der Waals surface area (Å²) in [5, 5.41) is 2.70. The lowest BCUT2D eigenvalue weighted by molar-refractivity contribution is -0.117. The fraction of sp³-hybridized carbons (Fsp3) is 0.522. The molecule has 0 atom stereocenters. The van der Waals surface area contributed by atoms with Crippen molar-refractivity contribution in [3.63, 3.8) is 0 Å². The second kappa shape index (κ2) is 6.42. The summed E-state index contributed by atoms with van der Waals surface area (Å²) in [4.78, 5) is 29.1. The normalized spacial score (nSPS) is 27.3. The number of thiocarbonyl (C=S) groups is 1. The zero-order valence-corrected chi connectivity index (χ0v) is 18.8. The second-order valence-electron chi connectivity index (χ2n) is 9.60. The van der Waals surface area contributed by atoms with Crippen molar-refractivity contribution in [3.05, 3.63) is 33.7 Å². The van der Waals surface area contributed by atoms with Gasteiger partial charge < -0.3 is 10.2 Å². The van der Waals surface area contributed by atoms with Crippen LogP contribution in [-0.2, 0) is 15.0 Å². The fourth-order valence-electron chi connectivity index (χ4n) is 5.99. The number of fused-ring (bicyclic) bond motifs is 1. The topological polar surface area (TPSA) is 49.4 Å². The molecule has 0 aromatic heterocycles. The van der Waals surface area contributed by atoms with Crippen LogP contribution in [0, 0.1) is 6.92 Å². The molecule has 1 N–H and O–H groups in total. The zero-order chi connectivity index (χ0) is 20.6. The molecule has 6 heteroatoms. The van der Waals surface area contributed by atoms with Crippen molar-refractivity contribution in [2.75, 3.05) is 4.90 Å². The van der Waals surface area contributed by atoms with Crippen molar-refractivity contribution in [1.29, 1.82) is 0 Å². The van der Waals surface area contributed by atoms with Gasteiger partial charge in [0.05, 0.1) is 16.2 Å². The lowest BCUT2D eigenvalue weighted by atomic mass is 9.66. The molecule has 0 unspecified atom stereocenters. The molecule has 1 aliphatic carbocycles. The minimum absolute atomic E-state index is 0.00778. The molecule has 1 spiro atoms. The summed E-state index contributed by atoms with van der Waals surface area (Å²) in [6.45, 7) is 6.70. The van der Waals surface area contributed by atoms with Crippen molar-refractivity contribution in [2.24, 2.45) is 0 Å². The summed E-state index contributed by atoms with van der Waals surface area (Å²) in [7, 11) is 0. The van der Waals surface area contributed by atoms with Crippen LogP contribution >= 0.6 is 24.0 Å². The SMILES string of the molecule is Cc1cc2c3c(c1)C(C)(C)CC1(CCCCCC1)N3C(=O)C2=C1SC(=S)NC1=O. The van der Waals surface area contributed by atoms with Crippen LogP contribution in [0.3, 0.4) is 0 Å². The molecule has 1 aromatic rings. The summed E-state index contributed by atoms with van der Waals surface area (Å²) in [6, 6.07) is 4.32. The first kappa shape index (κ1) is 19.3. The third kappa shape index (κ3) is 2.75. The number of benzene rings is 1. The highest BCUT2D eigenvalue weighted by Crippen LogP contribution is 2.58. The third-order valence-corrected chi connectivity index (χ3v) is 8.25. The predicted octanol–water partition coefficient (Wildman–Crippen LogP) is 4.97. The summed E-state index contributed by atoms with van der Waals surface area (Å²) in [5.41, 5.74) is 4.71. The summed E-state index contributed by atoms with van der Waals surface area (Å²) in [6.07, 6.45) is 7.83. The smallest absolute Gasteiger partial charge is 0.264 e. The maximum atomic E-state index is 14.0. The van der Waals surface area contributed by atoms with Crippen LogP contribution in [0.2, 0.25) is 0 Å². The summed E-state index contributed by atoms with van der Waals surface area (Å²) < 4.78 is 0.428. The van der Waals surface area contributed by atoms with E-state index in [1.165, 1.54) is 30.2 Å². The van der Waals surface area contributed by atoms with Gasteiger partial charge in [0.1, 0.15) is 4.32 Å². The van der Waals surface area contributed by atoms with Gasteiger partial charge >= 0.3 is 0 Å². The van der Waals surface area contributed by atoms with E-state index in [0.717, 1.165) is 48.9 Å². The maximum Gasteiger partial charge on any atom is 0.264 e. The van der Waals surface area contributed by atoms with E-state index in [2.05, 4.69) is 43.1 Å². The Morgan fingerprint density at radius 3 is 2.41 bits per heavy atom. The Balaban J connectivity index is 1.81. The Morgan fingerprint density at radius 2 is 1.79 bits per heavy atom. The van der Waals surface area contributed by atoms with E-state index >= 15 is 0 Å². The molecular formula is C23H26N2O2S2. The number of thioether (sulfide) groups is 1. The van der Waals surface area contributed by atoms with Gasteiger partial charge in [-0.1, -0.05) is 75.1 Å². The monoisotopic (exact) mass is 426 g/mol. The largest absolute Gasteiger partial charge is 0.307 e. The van der Waals surface area contributed by atoms with Crippen LogP contribution in [0.25, 0.3) is 5.57 Å². The quantitative estimate of drug-likeness (QED) is 0.470. The van der Waals surface area contributed by atoms with Crippen LogP contribution in [-0.4, -0.2) is 21.7 Å². The molecule has 152 valence electrons. The average Bonchev–Trinajstić information content (AvgIpc) is 2.99. The van der Waals surface area contributed by atoms with E-state index in [0.29, 0.717) is 14.8 Å². The minimum Gasteiger partial charge on any atom is -0.307 e. The maximum absolute atomic E-state index is 14.0. The Bertz CT molecular complexity index is 1000. The molecule has 1 saturated heterocycles. The van der Waals surface area contributed by atoms with Crippen molar-refractivity contribution in [2.45, 2.75) is 76.7 Å². The Morgan fingerprint density at radius 1 is 1.10 bits per heavy atom. The van der Waals surface area contributed by atoms with E-state index < -0.39 is 0 Å². The molecule has 2 fully saturated rings. The summed E-state index contributed by atoms with van der Waals surface area (Å²) in [5.74, 6) is -0.251. The Kier molecular flexibility index (Phi) is 4.27. The highest BCUT2D eigenvalue weighted by atomic mass is 32.2. The van der Waals surface area contributed by atoms with Crippen LogP contribution in [0.1, 0.15) is 75.5 Å². The highest BCUT2D eigenvalue weighted by Gasteiger charge is 2.55. The highest BCUT2D eigenvalue weighted by molar-refractivity contribution is 8.27. The number of carbonyl (C=O) groups is 2. The van der Waals surface area contributed by atoms with Crippen molar-refractivity contribution < 1.29 is 9.59 Å². The van der Waals surface area contributed by atoms with Gasteiger partial charge in [-0.05, 0) is 43.2 Å². The standard InChI is InChI=1S/C23H26N2O2S2/c1-13-10-14-16(18-19(26)24-21(28)29-18)20(27)25-17(14)15(11-13)22(2,3)12-23(25)8-6-4-5-7-9-23/h10-11H,4-9,12H2,1-3H3,(H,24,26,28). The fourth-order valence-corrected chi connectivity index (χ4v) is 7.10. The molecule has 5 rings (SSSR count). The van der Waals surface area contributed by atoms with Crippen LogP contribution < -0.4 is 10.2 Å². The van der Waals surface area contributed by atoms with Crippen LogP contribution in [0.4, 0.5) is 5.69 Å². The molecule has 29 heavy (non-hydrogen) atoms. The lowest BCUT2D eigenvalue weighted by Crippen LogP contribution is -2.56. The molecule has 3 heterocycles. The van der Waals surface area contributed by atoms with Gasteiger partial charge in [-0.25, -0.2) is 0 Å². The van der Waals surface area contributed by atoms with E-state index in [1.807, 2.05) is 0 Å². The van der Waals surface area contributed by atoms with Crippen molar-refractivity contribution in [1.82, 2.24) is 5.32 Å². The number of hydrogen-bond donors (Lipinski definition) is 1. The van der Waals surface area contributed by atoms with E-state index in [-0.39, 0.29) is 22.8 Å². The average molecular weight is 427 g/mol. The number of hydrogen-bond acceptors (Lipinski definition) is 4. The van der Waals surface area contributed by atoms with Gasteiger partial charge in [0.15, 0.2) is 0 Å². The van der Waals surface area contributed by atoms with Gasteiger partial charge in [0, 0.05) is 11.1 Å². The summed E-state index contributed by atoms with van der Waals surface area (Å²) >= 11 is 6.44. The van der Waals surface area contributed by atoms with Gasteiger partial charge in [-0.2, -0.15) is 0 Å². The minimum atomic E-state index is -0.243. The van der Waals surface area contributed by atoms with E-state index in [9.17, 15) is 9.59 Å². The van der Waals surface area contributed by atoms with Crippen molar-refractivity contribution in [3.8, 4) is 0 Å². The van der Waals surface area contributed by atoms with Gasteiger partial charge in [0.2, 0.25) is 0 Å². The first-order valence-electron chi connectivity index (χ1n) is 10.5. The van der Waals surface area contributed by atoms with Gasteiger partial charge in [0.25, 0.3) is 11.8 Å². The van der Waals surface area contributed by atoms with Gasteiger partial charge in [-0.3, -0.25) is 9.59 Å². The van der Waals surface area contributed by atoms with Gasteiger partial charge in [-0.15, -0.1) is 0 Å². The van der Waals surface area contributed by atoms with Crippen LogP contribution in [0.5, 0.6) is 0 Å². The third-order valence-electron chi connectivity index (χ3n) is 7.02. The number of nitrogens with one attached hydrogen (secondary N) is 1. The van der Waals surface area contributed by atoms with E-state index in [4.69, 9.17) is 12.2 Å². The molecule has 4 aliphatic rings. The lowest BCUT2D eigenvalue weighted by Gasteiger charge is -2.52. The molecule has 2 amide bonds. The molecule has 0 bridgehead atoms. The molecule has 1 aromatic carbocycles. The zero-order valence-electron chi connectivity index (χ0n) is 17.2. The number of anilines is 1. The van der Waals surface area contributed by atoms with Crippen molar-refractivity contribution >= 4 is 51.4 Å². The number of rotatable bonds is 0. The number of aryl methyl sites for hydroxylation is 1. The number of amides is 2.